The van der Waals surface area contributed by atoms with Gasteiger partial charge in [-0.2, -0.15) is 4.73 Å². The van der Waals surface area contributed by atoms with E-state index in [1.165, 1.54) is 6.07 Å². The third kappa shape index (κ3) is 4.25. The highest BCUT2D eigenvalue weighted by Crippen LogP contribution is 2.26. The molecule has 0 unspecified atom stereocenters. The molecule has 1 rings (SSSR count). The number of nitrogens with zero attached hydrogens (tertiary/aromatic N) is 1. The van der Waals surface area contributed by atoms with Crippen molar-refractivity contribution in [1.82, 2.24) is 4.73 Å². The summed E-state index contributed by atoms with van der Waals surface area (Å²) >= 11 is 0. The first-order valence-electron chi connectivity index (χ1n) is 6.11. The van der Waals surface area contributed by atoms with Gasteiger partial charge in [0.25, 0.3) is 5.56 Å². The van der Waals surface area contributed by atoms with Gasteiger partial charge in [0.15, 0.2) is 0 Å². The molecule has 3 heteroatoms. The molecule has 1 heterocycles. The van der Waals surface area contributed by atoms with E-state index in [9.17, 15) is 10.0 Å². The number of rotatable bonds is 3. The first kappa shape index (κ1) is 13.8. The average molecular weight is 237 g/mol. The summed E-state index contributed by atoms with van der Waals surface area (Å²) in [5, 5.41) is 9.67. The predicted octanol–water partition coefficient (Wildman–Crippen LogP) is 3.01. The van der Waals surface area contributed by atoms with E-state index < -0.39 is 0 Å². The minimum absolute atomic E-state index is 0.268. The summed E-state index contributed by atoms with van der Waals surface area (Å²) in [7, 11) is 0. The van der Waals surface area contributed by atoms with Gasteiger partial charge in [-0.05, 0) is 42.7 Å². The maximum atomic E-state index is 11.4. The van der Waals surface area contributed by atoms with Crippen molar-refractivity contribution in [2.45, 2.75) is 47.5 Å². The van der Waals surface area contributed by atoms with Crippen LogP contribution in [0.3, 0.4) is 0 Å². The highest BCUT2D eigenvalue weighted by Gasteiger charge is 2.17. The second-order valence-electron chi connectivity index (χ2n) is 6.25. The molecule has 1 atom stereocenters. The van der Waals surface area contributed by atoms with Crippen molar-refractivity contribution >= 4 is 0 Å². The van der Waals surface area contributed by atoms with Gasteiger partial charge in [0, 0.05) is 6.07 Å². The normalized spacial score (nSPS) is 13.7. The molecule has 17 heavy (non-hydrogen) atoms. The van der Waals surface area contributed by atoms with Gasteiger partial charge >= 0.3 is 0 Å². The number of aryl methyl sites for hydroxylation is 1. The van der Waals surface area contributed by atoms with Crippen LogP contribution in [0.25, 0.3) is 0 Å². The zero-order valence-electron chi connectivity index (χ0n) is 11.4. The lowest BCUT2D eigenvalue weighted by Gasteiger charge is -2.23. The topological polar surface area (TPSA) is 42.2 Å². The molecule has 96 valence electrons. The van der Waals surface area contributed by atoms with E-state index in [1.54, 1.807) is 0 Å². The fourth-order valence-corrected chi connectivity index (χ4v) is 2.38. The Balaban J connectivity index is 2.85. The van der Waals surface area contributed by atoms with Gasteiger partial charge in [-0.1, -0.05) is 27.7 Å². The first-order valence-corrected chi connectivity index (χ1v) is 6.11. The molecule has 0 bridgehead atoms. The van der Waals surface area contributed by atoms with Gasteiger partial charge in [-0.15, -0.1) is 0 Å². The van der Waals surface area contributed by atoms with E-state index in [4.69, 9.17) is 0 Å². The Hall–Kier alpha value is -1.25. The molecule has 0 saturated heterocycles. The average Bonchev–Trinajstić information content (AvgIpc) is 2.10. The van der Waals surface area contributed by atoms with Crippen LogP contribution in [0.5, 0.6) is 0 Å². The highest BCUT2D eigenvalue weighted by molar-refractivity contribution is 5.15. The summed E-state index contributed by atoms with van der Waals surface area (Å²) in [5.41, 5.74) is 1.53. The van der Waals surface area contributed by atoms with Crippen molar-refractivity contribution in [1.29, 1.82) is 0 Å². The zero-order chi connectivity index (χ0) is 13.2. The van der Waals surface area contributed by atoms with Crippen LogP contribution in [-0.4, -0.2) is 9.94 Å². The van der Waals surface area contributed by atoms with Crippen LogP contribution in [0.4, 0.5) is 0 Å². The highest BCUT2D eigenvalue weighted by atomic mass is 16.5. The van der Waals surface area contributed by atoms with Gasteiger partial charge in [0.2, 0.25) is 0 Å². The van der Waals surface area contributed by atoms with Crippen molar-refractivity contribution in [3.05, 3.63) is 33.7 Å². The largest absolute Gasteiger partial charge is 0.425 e. The molecule has 1 N–H and O–H groups in total. The fourth-order valence-electron chi connectivity index (χ4n) is 2.38. The molecule has 0 aromatic carbocycles. The molecule has 0 aliphatic heterocycles. The van der Waals surface area contributed by atoms with Gasteiger partial charge in [-0.25, -0.2) is 0 Å². The summed E-state index contributed by atoms with van der Waals surface area (Å²) in [4.78, 5) is 11.4. The molecular formula is C14H23NO2. The standard InChI is InChI=1S/C14H23NO2/c1-10-6-12(15(17)13(16)8-10)7-11(2)9-14(3,4)5/h6,8,11,17H,7,9H2,1-5H3/t11-/m1/s1. The van der Waals surface area contributed by atoms with Gasteiger partial charge in [-0.3, -0.25) is 4.79 Å². The van der Waals surface area contributed by atoms with Crippen LogP contribution < -0.4 is 5.56 Å². The van der Waals surface area contributed by atoms with Crippen LogP contribution in [0.15, 0.2) is 16.9 Å². The van der Waals surface area contributed by atoms with Crippen LogP contribution in [0, 0.1) is 18.3 Å². The second kappa shape index (κ2) is 4.94. The SMILES string of the molecule is Cc1cc(C[C@@H](C)CC(C)(C)C)n(O)c(=O)c1. The Bertz CT molecular complexity index is 441. The summed E-state index contributed by atoms with van der Waals surface area (Å²) in [5.74, 6) is 0.439. The Kier molecular flexibility index (Phi) is 4.02. The molecule has 1 aromatic rings. The van der Waals surface area contributed by atoms with Crippen molar-refractivity contribution < 1.29 is 5.21 Å². The Morgan fingerprint density at radius 2 is 1.94 bits per heavy atom. The lowest BCUT2D eigenvalue weighted by molar-refractivity contribution is 0.160. The minimum atomic E-state index is -0.344. The summed E-state index contributed by atoms with van der Waals surface area (Å²) in [6.07, 6.45) is 1.79. The van der Waals surface area contributed by atoms with Crippen LogP contribution in [0.2, 0.25) is 0 Å². The molecule has 0 saturated carbocycles. The van der Waals surface area contributed by atoms with E-state index in [0.29, 0.717) is 11.6 Å². The molecule has 0 amide bonds. The maximum absolute atomic E-state index is 11.4. The summed E-state index contributed by atoms with van der Waals surface area (Å²) in [6, 6.07) is 3.32. The lowest BCUT2D eigenvalue weighted by Crippen LogP contribution is -2.23. The maximum Gasteiger partial charge on any atom is 0.283 e. The summed E-state index contributed by atoms with van der Waals surface area (Å²) < 4.78 is 0.770. The Morgan fingerprint density at radius 1 is 1.35 bits per heavy atom. The van der Waals surface area contributed by atoms with Crippen molar-refractivity contribution in [2.24, 2.45) is 11.3 Å². The van der Waals surface area contributed by atoms with E-state index in [0.717, 1.165) is 23.1 Å². The molecule has 0 spiro atoms. The predicted molar refractivity (Wildman–Crippen MR) is 69.6 cm³/mol. The van der Waals surface area contributed by atoms with Crippen LogP contribution >= 0.6 is 0 Å². The number of aromatic nitrogens is 1. The van der Waals surface area contributed by atoms with E-state index in [1.807, 2.05) is 13.0 Å². The van der Waals surface area contributed by atoms with Crippen molar-refractivity contribution in [3.8, 4) is 0 Å². The first-order chi connectivity index (χ1) is 7.69. The van der Waals surface area contributed by atoms with Crippen LogP contribution in [-0.2, 0) is 6.42 Å². The molecule has 1 aromatic heterocycles. The number of pyridine rings is 1. The Morgan fingerprint density at radius 3 is 2.47 bits per heavy atom. The van der Waals surface area contributed by atoms with E-state index in [2.05, 4.69) is 27.7 Å². The van der Waals surface area contributed by atoms with E-state index in [-0.39, 0.29) is 11.0 Å². The zero-order valence-corrected chi connectivity index (χ0v) is 11.4. The fraction of sp³-hybridized carbons (Fsp3) is 0.643. The monoisotopic (exact) mass is 237 g/mol. The number of hydrogen-bond acceptors (Lipinski definition) is 2. The van der Waals surface area contributed by atoms with Crippen molar-refractivity contribution in [2.75, 3.05) is 0 Å². The molecule has 3 nitrogen and oxygen atoms in total. The molecule has 0 aliphatic rings. The van der Waals surface area contributed by atoms with Gasteiger partial charge in [0.05, 0.1) is 5.69 Å². The lowest BCUT2D eigenvalue weighted by atomic mass is 9.83. The second-order valence-corrected chi connectivity index (χ2v) is 6.25. The van der Waals surface area contributed by atoms with Gasteiger partial charge < -0.3 is 5.21 Å². The third-order valence-corrected chi connectivity index (χ3v) is 2.74. The minimum Gasteiger partial charge on any atom is -0.425 e. The summed E-state index contributed by atoms with van der Waals surface area (Å²) in [6.45, 7) is 10.6. The quantitative estimate of drug-likeness (QED) is 0.821. The van der Waals surface area contributed by atoms with Crippen molar-refractivity contribution in [3.63, 3.8) is 0 Å². The number of hydrogen-bond donors (Lipinski definition) is 1. The molecule has 0 fully saturated rings. The van der Waals surface area contributed by atoms with E-state index >= 15 is 0 Å². The molecule has 0 aliphatic carbocycles. The Labute approximate surface area is 103 Å². The molecular weight excluding hydrogens is 214 g/mol. The molecule has 0 radical (unpaired) electrons. The van der Waals surface area contributed by atoms with Crippen LogP contribution in [0.1, 0.15) is 45.4 Å². The smallest absolute Gasteiger partial charge is 0.283 e. The van der Waals surface area contributed by atoms with Gasteiger partial charge in [0.1, 0.15) is 0 Å². The third-order valence-electron chi connectivity index (χ3n) is 2.74.